The Labute approximate surface area is 107 Å². The van der Waals surface area contributed by atoms with Gasteiger partial charge in [0.25, 0.3) is 0 Å². The molecule has 0 amide bonds. The van der Waals surface area contributed by atoms with Gasteiger partial charge in [-0.25, -0.2) is 0 Å². The molecule has 100 valence electrons. The lowest BCUT2D eigenvalue weighted by Crippen LogP contribution is -2.36. The fraction of sp³-hybridized carbons (Fsp3) is 1.00. The van der Waals surface area contributed by atoms with Gasteiger partial charge in [0.2, 0.25) is 0 Å². The van der Waals surface area contributed by atoms with E-state index in [1.807, 2.05) is 0 Å². The van der Waals surface area contributed by atoms with E-state index in [9.17, 15) is 0 Å². The smallest absolute Gasteiger partial charge is 0.00760 e. The van der Waals surface area contributed by atoms with E-state index in [-0.39, 0.29) is 0 Å². The van der Waals surface area contributed by atoms with Gasteiger partial charge in [0, 0.05) is 25.2 Å². The number of likely N-dealkylation sites (tertiary alicyclic amines) is 1. The lowest BCUT2D eigenvalue weighted by molar-refractivity contribution is 0.208. The highest BCUT2D eigenvalue weighted by Gasteiger charge is 2.23. The van der Waals surface area contributed by atoms with Crippen molar-refractivity contribution in [1.29, 1.82) is 0 Å². The molecule has 1 saturated heterocycles. The highest BCUT2D eigenvalue weighted by atomic mass is 15.2. The first-order valence-corrected chi connectivity index (χ1v) is 7.27. The summed E-state index contributed by atoms with van der Waals surface area (Å²) in [5.74, 6) is 0.892. The summed E-state index contributed by atoms with van der Waals surface area (Å²) < 4.78 is 0. The third-order valence-corrected chi connectivity index (χ3v) is 4.36. The third-order valence-electron chi connectivity index (χ3n) is 4.36. The Morgan fingerprint density at radius 3 is 2.71 bits per heavy atom. The lowest BCUT2D eigenvalue weighted by atomic mass is 10.1. The zero-order valence-electron chi connectivity index (χ0n) is 11.8. The average Bonchev–Trinajstić information content (AvgIpc) is 3.02. The SMILES string of the molecule is CC(CCNC1CC1)N(C)CC1CCN(C)C1. The Kier molecular flexibility index (Phi) is 4.83. The highest BCUT2D eigenvalue weighted by Crippen LogP contribution is 2.19. The van der Waals surface area contributed by atoms with Crippen molar-refractivity contribution < 1.29 is 0 Å². The molecular weight excluding hydrogens is 210 g/mol. The zero-order valence-corrected chi connectivity index (χ0v) is 11.8. The van der Waals surface area contributed by atoms with Crippen molar-refractivity contribution in [3.05, 3.63) is 0 Å². The number of hydrogen-bond acceptors (Lipinski definition) is 3. The van der Waals surface area contributed by atoms with Gasteiger partial charge >= 0.3 is 0 Å². The first-order valence-electron chi connectivity index (χ1n) is 7.27. The summed E-state index contributed by atoms with van der Waals surface area (Å²) >= 11 is 0. The van der Waals surface area contributed by atoms with E-state index in [0.29, 0.717) is 6.04 Å². The monoisotopic (exact) mass is 239 g/mol. The Bertz CT molecular complexity index is 228. The Hall–Kier alpha value is -0.120. The van der Waals surface area contributed by atoms with Crippen LogP contribution in [0.4, 0.5) is 0 Å². The number of nitrogens with zero attached hydrogens (tertiary/aromatic N) is 2. The molecule has 2 atom stereocenters. The molecule has 3 nitrogen and oxygen atoms in total. The normalized spacial score (nSPS) is 27.9. The van der Waals surface area contributed by atoms with Crippen molar-refractivity contribution in [1.82, 2.24) is 15.1 Å². The summed E-state index contributed by atoms with van der Waals surface area (Å²) in [4.78, 5) is 5.01. The van der Waals surface area contributed by atoms with E-state index < -0.39 is 0 Å². The molecule has 0 aromatic heterocycles. The van der Waals surface area contributed by atoms with Crippen molar-refractivity contribution in [2.75, 3.05) is 40.3 Å². The maximum atomic E-state index is 3.61. The van der Waals surface area contributed by atoms with Crippen molar-refractivity contribution in [3.63, 3.8) is 0 Å². The van der Waals surface area contributed by atoms with E-state index in [1.165, 1.54) is 51.9 Å². The predicted molar refractivity (Wildman–Crippen MR) is 73.3 cm³/mol. The molecule has 0 radical (unpaired) electrons. The van der Waals surface area contributed by atoms with Crippen LogP contribution in [0.1, 0.15) is 32.6 Å². The van der Waals surface area contributed by atoms with Crippen LogP contribution in [0.25, 0.3) is 0 Å². The predicted octanol–water partition coefficient (Wildman–Crippen LogP) is 1.40. The van der Waals surface area contributed by atoms with Gasteiger partial charge in [-0.2, -0.15) is 0 Å². The van der Waals surface area contributed by atoms with Crippen molar-refractivity contribution in [2.45, 2.75) is 44.7 Å². The Morgan fingerprint density at radius 2 is 2.12 bits per heavy atom. The summed E-state index contributed by atoms with van der Waals surface area (Å²) in [6.45, 7) is 7.41. The van der Waals surface area contributed by atoms with E-state index >= 15 is 0 Å². The van der Waals surface area contributed by atoms with Crippen LogP contribution in [0, 0.1) is 5.92 Å². The minimum atomic E-state index is 0.715. The minimum absolute atomic E-state index is 0.715. The van der Waals surface area contributed by atoms with Gasteiger partial charge in [-0.05, 0) is 65.7 Å². The summed E-state index contributed by atoms with van der Waals surface area (Å²) in [6, 6.07) is 1.57. The largest absolute Gasteiger partial charge is 0.314 e. The van der Waals surface area contributed by atoms with E-state index in [1.54, 1.807) is 0 Å². The molecule has 0 spiro atoms. The molecule has 2 aliphatic rings. The summed E-state index contributed by atoms with van der Waals surface area (Å²) in [5, 5.41) is 3.61. The fourth-order valence-electron chi connectivity index (χ4n) is 2.77. The Morgan fingerprint density at radius 1 is 1.35 bits per heavy atom. The van der Waals surface area contributed by atoms with E-state index in [4.69, 9.17) is 0 Å². The molecule has 1 saturated carbocycles. The van der Waals surface area contributed by atoms with E-state index in [0.717, 1.165) is 12.0 Å². The average molecular weight is 239 g/mol. The molecule has 1 aliphatic carbocycles. The first-order chi connectivity index (χ1) is 8.15. The van der Waals surface area contributed by atoms with Crippen LogP contribution in [0.3, 0.4) is 0 Å². The number of hydrogen-bond donors (Lipinski definition) is 1. The van der Waals surface area contributed by atoms with Gasteiger partial charge in [-0.3, -0.25) is 0 Å². The lowest BCUT2D eigenvalue weighted by Gasteiger charge is -2.27. The number of rotatable bonds is 7. The second-order valence-electron chi connectivity index (χ2n) is 6.22. The Balaban J connectivity index is 1.58. The first kappa shape index (κ1) is 13.3. The molecule has 2 rings (SSSR count). The van der Waals surface area contributed by atoms with Crippen LogP contribution in [0.15, 0.2) is 0 Å². The third kappa shape index (κ3) is 4.57. The quantitative estimate of drug-likeness (QED) is 0.724. The molecule has 0 aromatic rings. The fourth-order valence-corrected chi connectivity index (χ4v) is 2.77. The van der Waals surface area contributed by atoms with Crippen LogP contribution in [0.2, 0.25) is 0 Å². The summed E-state index contributed by atoms with van der Waals surface area (Å²) in [7, 11) is 4.53. The molecule has 3 heteroatoms. The van der Waals surface area contributed by atoms with Gasteiger partial charge in [-0.15, -0.1) is 0 Å². The maximum Gasteiger partial charge on any atom is 0.00760 e. The molecule has 1 aliphatic heterocycles. The van der Waals surface area contributed by atoms with Crippen molar-refractivity contribution >= 4 is 0 Å². The molecule has 1 heterocycles. The van der Waals surface area contributed by atoms with Crippen LogP contribution in [-0.4, -0.2) is 62.2 Å². The standard InChI is InChI=1S/C14H29N3/c1-12(6-8-15-14-4-5-14)17(3)11-13-7-9-16(2)10-13/h12-15H,4-11H2,1-3H3. The van der Waals surface area contributed by atoms with Crippen LogP contribution < -0.4 is 5.32 Å². The molecule has 0 bridgehead atoms. The van der Waals surface area contributed by atoms with Crippen LogP contribution >= 0.6 is 0 Å². The topological polar surface area (TPSA) is 18.5 Å². The van der Waals surface area contributed by atoms with Crippen molar-refractivity contribution in [3.8, 4) is 0 Å². The molecule has 1 N–H and O–H groups in total. The second kappa shape index (κ2) is 6.17. The highest BCUT2D eigenvalue weighted by molar-refractivity contribution is 4.82. The summed E-state index contributed by atoms with van der Waals surface area (Å²) in [5.41, 5.74) is 0. The second-order valence-corrected chi connectivity index (χ2v) is 6.22. The van der Waals surface area contributed by atoms with Gasteiger partial charge in [-0.1, -0.05) is 0 Å². The number of nitrogens with one attached hydrogen (secondary N) is 1. The molecule has 2 unspecified atom stereocenters. The molecule has 17 heavy (non-hydrogen) atoms. The van der Waals surface area contributed by atoms with Gasteiger partial charge in [0.1, 0.15) is 0 Å². The summed E-state index contributed by atoms with van der Waals surface area (Å²) in [6.07, 6.45) is 5.47. The van der Waals surface area contributed by atoms with Crippen molar-refractivity contribution in [2.24, 2.45) is 5.92 Å². The van der Waals surface area contributed by atoms with E-state index in [2.05, 4.69) is 36.1 Å². The van der Waals surface area contributed by atoms with Crippen LogP contribution in [-0.2, 0) is 0 Å². The van der Waals surface area contributed by atoms with Crippen LogP contribution in [0.5, 0.6) is 0 Å². The minimum Gasteiger partial charge on any atom is -0.314 e. The van der Waals surface area contributed by atoms with Gasteiger partial charge < -0.3 is 15.1 Å². The maximum absolute atomic E-state index is 3.61. The van der Waals surface area contributed by atoms with Gasteiger partial charge in [0.05, 0.1) is 0 Å². The molecule has 0 aromatic carbocycles. The zero-order chi connectivity index (χ0) is 12.3. The van der Waals surface area contributed by atoms with Gasteiger partial charge in [0.15, 0.2) is 0 Å². The molecule has 2 fully saturated rings. The molecular formula is C14H29N3.